The topological polar surface area (TPSA) is 67.6 Å². The number of benzene rings is 2. The predicted molar refractivity (Wildman–Crippen MR) is 107 cm³/mol. The number of hydrazone groups is 1. The number of carbonyl (C=O) groups is 2. The molecular formula is C20H14Cl2N4O2. The average molecular weight is 413 g/mol. The van der Waals surface area contributed by atoms with Crippen LogP contribution in [0, 0.1) is 6.92 Å². The molecule has 2 aromatic carbocycles. The summed E-state index contributed by atoms with van der Waals surface area (Å²) in [5, 5.41) is 10.3. The molecule has 0 N–H and O–H groups in total. The van der Waals surface area contributed by atoms with Gasteiger partial charge in [0, 0.05) is 5.02 Å². The average Bonchev–Trinajstić information content (AvgIpc) is 3.09. The van der Waals surface area contributed by atoms with Crippen LogP contribution in [0.15, 0.2) is 53.6 Å². The lowest BCUT2D eigenvalue weighted by Gasteiger charge is -2.06. The summed E-state index contributed by atoms with van der Waals surface area (Å²) in [6.45, 7) is 2.17. The van der Waals surface area contributed by atoms with Gasteiger partial charge in [-0.25, -0.2) is 4.68 Å². The Kier molecular flexibility index (Phi) is 4.75. The van der Waals surface area contributed by atoms with Crippen LogP contribution in [0.3, 0.4) is 0 Å². The van der Waals surface area contributed by atoms with E-state index in [9.17, 15) is 9.59 Å². The van der Waals surface area contributed by atoms with Gasteiger partial charge in [0.25, 0.3) is 11.8 Å². The van der Waals surface area contributed by atoms with Crippen LogP contribution in [0.4, 0.5) is 0 Å². The molecule has 4 rings (SSSR count). The van der Waals surface area contributed by atoms with Crippen LogP contribution < -0.4 is 0 Å². The molecule has 3 aromatic rings. The number of carbonyl (C=O) groups excluding carboxylic acids is 2. The van der Waals surface area contributed by atoms with Crippen molar-refractivity contribution in [3.63, 3.8) is 0 Å². The third kappa shape index (κ3) is 3.10. The second-order valence-electron chi connectivity index (χ2n) is 6.25. The van der Waals surface area contributed by atoms with E-state index in [1.165, 1.54) is 6.21 Å². The van der Waals surface area contributed by atoms with E-state index in [1.807, 2.05) is 18.2 Å². The molecule has 0 bridgehead atoms. The van der Waals surface area contributed by atoms with Crippen molar-refractivity contribution in [2.45, 2.75) is 13.5 Å². The van der Waals surface area contributed by atoms with Crippen molar-refractivity contribution in [2.24, 2.45) is 5.10 Å². The third-order valence-electron chi connectivity index (χ3n) is 4.46. The Morgan fingerprint density at radius 1 is 1.00 bits per heavy atom. The fourth-order valence-electron chi connectivity index (χ4n) is 3.00. The first-order valence-electron chi connectivity index (χ1n) is 8.45. The first-order valence-corrected chi connectivity index (χ1v) is 9.21. The van der Waals surface area contributed by atoms with Gasteiger partial charge >= 0.3 is 0 Å². The van der Waals surface area contributed by atoms with Crippen molar-refractivity contribution in [3.05, 3.63) is 86.7 Å². The lowest BCUT2D eigenvalue weighted by atomic mass is 10.1. The molecule has 28 heavy (non-hydrogen) atoms. The highest BCUT2D eigenvalue weighted by molar-refractivity contribution is 6.32. The summed E-state index contributed by atoms with van der Waals surface area (Å²) in [5.41, 5.74) is 2.70. The second kappa shape index (κ2) is 7.22. The van der Waals surface area contributed by atoms with Crippen molar-refractivity contribution in [3.8, 4) is 0 Å². The van der Waals surface area contributed by atoms with Gasteiger partial charge in [-0.1, -0.05) is 53.5 Å². The zero-order valence-corrected chi connectivity index (χ0v) is 16.3. The maximum absolute atomic E-state index is 12.4. The molecule has 0 unspecified atom stereocenters. The molecular weight excluding hydrogens is 399 g/mol. The summed E-state index contributed by atoms with van der Waals surface area (Å²) in [4.78, 5) is 24.8. The van der Waals surface area contributed by atoms with Crippen molar-refractivity contribution < 1.29 is 9.59 Å². The summed E-state index contributed by atoms with van der Waals surface area (Å²) >= 11 is 12.7. The van der Waals surface area contributed by atoms with E-state index in [0.717, 1.165) is 10.6 Å². The van der Waals surface area contributed by atoms with E-state index in [1.54, 1.807) is 41.9 Å². The van der Waals surface area contributed by atoms with Crippen molar-refractivity contribution in [1.82, 2.24) is 14.8 Å². The van der Waals surface area contributed by atoms with Crippen molar-refractivity contribution in [1.29, 1.82) is 0 Å². The molecule has 8 heteroatoms. The fraction of sp³-hybridized carbons (Fsp3) is 0.100. The molecule has 0 fully saturated rings. The number of halogens is 2. The van der Waals surface area contributed by atoms with Gasteiger partial charge < -0.3 is 0 Å². The van der Waals surface area contributed by atoms with Gasteiger partial charge in [-0.3, -0.25) is 9.59 Å². The Hall–Kier alpha value is -2.96. The Labute approximate surface area is 171 Å². The summed E-state index contributed by atoms with van der Waals surface area (Å²) in [5.74, 6) is -0.928. The fourth-order valence-corrected chi connectivity index (χ4v) is 3.48. The first kappa shape index (κ1) is 18.4. The van der Waals surface area contributed by atoms with Crippen LogP contribution in [-0.2, 0) is 6.54 Å². The minimum absolute atomic E-state index is 0.335. The van der Waals surface area contributed by atoms with Gasteiger partial charge in [0.2, 0.25) is 0 Å². The number of nitrogens with zero attached hydrogens (tertiary/aromatic N) is 4. The predicted octanol–water partition coefficient (Wildman–Crippen LogP) is 4.18. The van der Waals surface area contributed by atoms with Gasteiger partial charge in [-0.15, -0.1) is 0 Å². The van der Waals surface area contributed by atoms with Crippen molar-refractivity contribution in [2.75, 3.05) is 0 Å². The summed E-state index contributed by atoms with van der Waals surface area (Å²) in [6.07, 6.45) is 1.38. The maximum atomic E-state index is 12.4. The second-order valence-corrected chi connectivity index (χ2v) is 7.02. The van der Waals surface area contributed by atoms with E-state index < -0.39 is 11.8 Å². The molecule has 2 heterocycles. The van der Waals surface area contributed by atoms with Gasteiger partial charge in [0.05, 0.1) is 35.1 Å². The minimum atomic E-state index is -0.464. The number of fused-ring (bicyclic) bond motifs is 1. The number of hydrogen-bond acceptors (Lipinski definition) is 4. The highest BCUT2D eigenvalue weighted by Gasteiger charge is 2.35. The standard InChI is InChI=1S/C20H14Cl2N4O2/c1-12-16(18(22)25(24-12)11-13-6-2-5-9-17(13)21)10-23-26-19(27)14-7-3-4-8-15(14)20(26)28/h2-10H,11H2,1H3. The van der Waals surface area contributed by atoms with E-state index in [0.29, 0.717) is 39.1 Å². The molecule has 140 valence electrons. The zero-order chi connectivity index (χ0) is 19.8. The number of imide groups is 1. The van der Waals surface area contributed by atoms with Gasteiger partial charge in [0.15, 0.2) is 0 Å². The lowest BCUT2D eigenvalue weighted by molar-refractivity contribution is 0.0660. The molecule has 0 saturated heterocycles. The summed E-state index contributed by atoms with van der Waals surface area (Å²) < 4.78 is 1.60. The molecule has 0 aliphatic carbocycles. The molecule has 0 saturated carbocycles. The molecule has 0 radical (unpaired) electrons. The van der Waals surface area contributed by atoms with Gasteiger partial charge in [-0.05, 0) is 30.7 Å². The molecule has 1 aliphatic heterocycles. The normalized spacial score (nSPS) is 13.6. The van der Waals surface area contributed by atoms with Crippen LogP contribution in [0.5, 0.6) is 0 Å². The van der Waals surface area contributed by atoms with Crippen LogP contribution in [0.25, 0.3) is 0 Å². The largest absolute Gasteiger partial charge is 0.282 e. The molecule has 1 aliphatic rings. The number of aryl methyl sites for hydroxylation is 1. The Balaban J connectivity index is 1.61. The zero-order valence-electron chi connectivity index (χ0n) is 14.8. The van der Waals surface area contributed by atoms with Crippen molar-refractivity contribution >= 4 is 41.2 Å². The lowest BCUT2D eigenvalue weighted by Crippen LogP contribution is -2.24. The van der Waals surface area contributed by atoms with E-state index in [-0.39, 0.29) is 0 Å². The highest BCUT2D eigenvalue weighted by Crippen LogP contribution is 2.25. The number of amides is 2. The highest BCUT2D eigenvalue weighted by atomic mass is 35.5. The van der Waals surface area contributed by atoms with E-state index >= 15 is 0 Å². The van der Waals surface area contributed by atoms with Crippen LogP contribution in [0.1, 0.15) is 37.5 Å². The summed E-state index contributed by atoms with van der Waals surface area (Å²) in [7, 11) is 0. The van der Waals surface area contributed by atoms with Crippen LogP contribution >= 0.6 is 23.2 Å². The first-order chi connectivity index (χ1) is 13.5. The van der Waals surface area contributed by atoms with E-state index in [4.69, 9.17) is 23.2 Å². The Bertz CT molecular complexity index is 1100. The number of aromatic nitrogens is 2. The van der Waals surface area contributed by atoms with E-state index in [2.05, 4.69) is 10.2 Å². The molecule has 1 aromatic heterocycles. The monoisotopic (exact) mass is 412 g/mol. The van der Waals surface area contributed by atoms with Gasteiger partial charge in [0.1, 0.15) is 5.15 Å². The molecule has 2 amide bonds. The minimum Gasteiger partial charge on any atom is -0.267 e. The third-order valence-corrected chi connectivity index (χ3v) is 5.23. The van der Waals surface area contributed by atoms with Gasteiger partial charge in [-0.2, -0.15) is 15.2 Å². The Morgan fingerprint density at radius 2 is 1.61 bits per heavy atom. The van der Waals surface area contributed by atoms with Crippen LogP contribution in [-0.4, -0.2) is 32.8 Å². The summed E-state index contributed by atoms with van der Waals surface area (Å²) in [6, 6.07) is 14.0. The Morgan fingerprint density at radius 3 is 2.25 bits per heavy atom. The smallest absolute Gasteiger partial charge is 0.267 e. The van der Waals surface area contributed by atoms with Crippen LogP contribution in [0.2, 0.25) is 10.2 Å². The molecule has 6 nitrogen and oxygen atoms in total. The molecule has 0 atom stereocenters. The molecule has 0 spiro atoms. The maximum Gasteiger partial charge on any atom is 0.282 e. The number of hydrogen-bond donors (Lipinski definition) is 0. The number of rotatable bonds is 4. The quantitative estimate of drug-likeness (QED) is 0.476. The SMILES string of the molecule is Cc1nn(Cc2ccccc2Cl)c(Cl)c1C=NN1C(=O)c2ccccc2C1=O.